The van der Waals surface area contributed by atoms with E-state index in [-0.39, 0.29) is 18.1 Å². The van der Waals surface area contributed by atoms with Crippen molar-refractivity contribution in [3.8, 4) is 0 Å². The number of nitrogens with two attached hydrogens (primary N) is 1. The van der Waals surface area contributed by atoms with Gasteiger partial charge >= 0.3 is 5.97 Å². The summed E-state index contributed by atoms with van der Waals surface area (Å²) in [4.78, 5) is 16.1. The van der Waals surface area contributed by atoms with E-state index >= 15 is 0 Å². The zero-order valence-electron chi connectivity index (χ0n) is 12.3. The van der Waals surface area contributed by atoms with Gasteiger partial charge in [-0.1, -0.05) is 13.0 Å². The normalized spacial score (nSPS) is 13.7. The third-order valence-corrected chi connectivity index (χ3v) is 3.27. The fraction of sp³-hybridized carbons (Fsp3) is 0.400. The van der Waals surface area contributed by atoms with E-state index < -0.39 is 0 Å². The first kappa shape index (κ1) is 15.2. The number of carbonyl (C=O) groups is 1. The van der Waals surface area contributed by atoms with E-state index in [0.29, 0.717) is 12.2 Å². The SMILES string of the molecule is CCOC(=O)c1cnn(C(c2ccccn2)C(N)CC)c1. The number of pyridine rings is 1. The summed E-state index contributed by atoms with van der Waals surface area (Å²) in [5.74, 6) is -0.381. The van der Waals surface area contributed by atoms with Gasteiger partial charge in [-0.3, -0.25) is 9.67 Å². The maximum absolute atomic E-state index is 11.7. The lowest BCUT2D eigenvalue weighted by atomic mass is 10.0. The van der Waals surface area contributed by atoms with Crippen LogP contribution in [0.5, 0.6) is 0 Å². The number of rotatable bonds is 6. The lowest BCUT2D eigenvalue weighted by Crippen LogP contribution is -2.33. The van der Waals surface area contributed by atoms with Gasteiger partial charge in [0.15, 0.2) is 0 Å². The van der Waals surface area contributed by atoms with E-state index in [1.54, 1.807) is 24.0 Å². The second-order valence-electron chi connectivity index (χ2n) is 4.70. The first-order valence-corrected chi connectivity index (χ1v) is 7.05. The van der Waals surface area contributed by atoms with Gasteiger partial charge in [0.25, 0.3) is 0 Å². The van der Waals surface area contributed by atoms with Crippen LogP contribution in [0.25, 0.3) is 0 Å². The van der Waals surface area contributed by atoms with Crippen molar-refractivity contribution < 1.29 is 9.53 Å². The van der Waals surface area contributed by atoms with Gasteiger partial charge in [-0.05, 0) is 25.5 Å². The number of hydrogen-bond acceptors (Lipinski definition) is 5. The minimum absolute atomic E-state index is 0.144. The van der Waals surface area contributed by atoms with Crippen LogP contribution in [0.15, 0.2) is 36.8 Å². The van der Waals surface area contributed by atoms with Crippen molar-refractivity contribution in [2.75, 3.05) is 6.61 Å². The van der Waals surface area contributed by atoms with E-state index in [1.807, 2.05) is 25.1 Å². The Morgan fingerprint density at radius 3 is 2.86 bits per heavy atom. The van der Waals surface area contributed by atoms with Crippen molar-refractivity contribution in [2.24, 2.45) is 5.73 Å². The molecule has 0 amide bonds. The molecule has 0 saturated carbocycles. The van der Waals surface area contributed by atoms with Crippen LogP contribution in [-0.4, -0.2) is 33.4 Å². The first-order valence-electron chi connectivity index (χ1n) is 7.05. The Hall–Kier alpha value is -2.21. The summed E-state index contributed by atoms with van der Waals surface area (Å²) in [5, 5.41) is 4.26. The Labute approximate surface area is 123 Å². The van der Waals surface area contributed by atoms with Crippen LogP contribution in [-0.2, 0) is 4.74 Å². The molecule has 2 N–H and O–H groups in total. The van der Waals surface area contributed by atoms with Crippen molar-refractivity contribution in [3.05, 3.63) is 48.0 Å². The Kier molecular flexibility index (Phi) is 5.05. The smallest absolute Gasteiger partial charge is 0.341 e. The van der Waals surface area contributed by atoms with Crippen molar-refractivity contribution in [1.29, 1.82) is 0 Å². The average molecular weight is 288 g/mol. The molecule has 0 radical (unpaired) electrons. The number of aromatic nitrogens is 3. The molecule has 0 aliphatic heterocycles. The van der Waals surface area contributed by atoms with Crippen LogP contribution in [0.3, 0.4) is 0 Å². The lowest BCUT2D eigenvalue weighted by Gasteiger charge is -2.22. The minimum atomic E-state index is -0.381. The van der Waals surface area contributed by atoms with Crippen LogP contribution < -0.4 is 5.73 Å². The number of nitrogens with zero attached hydrogens (tertiary/aromatic N) is 3. The molecule has 2 heterocycles. The van der Waals surface area contributed by atoms with Gasteiger partial charge in [-0.2, -0.15) is 5.10 Å². The second kappa shape index (κ2) is 6.99. The summed E-state index contributed by atoms with van der Waals surface area (Å²) >= 11 is 0. The van der Waals surface area contributed by atoms with E-state index in [0.717, 1.165) is 12.1 Å². The summed E-state index contributed by atoms with van der Waals surface area (Å²) in [5.41, 5.74) is 7.45. The van der Waals surface area contributed by atoms with Gasteiger partial charge in [0.05, 0.1) is 24.1 Å². The Balaban J connectivity index is 2.32. The van der Waals surface area contributed by atoms with Crippen molar-refractivity contribution in [2.45, 2.75) is 32.4 Å². The van der Waals surface area contributed by atoms with Crippen molar-refractivity contribution in [1.82, 2.24) is 14.8 Å². The van der Waals surface area contributed by atoms with E-state index in [4.69, 9.17) is 10.5 Å². The van der Waals surface area contributed by atoms with Gasteiger partial charge in [-0.15, -0.1) is 0 Å². The Morgan fingerprint density at radius 2 is 2.24 bits per heavy atom. The molecule has 0 fully saturated rings. The number of ether oxygens (including phenoxy) is 1. The summed E-state index contributed by atoms with van der Waals surface area (Å²) < 4.78 is 6.66. The summed E-state index contributed by atoms with van der Waals surface area (Å²) in [6.45, 7) is 4.12. The molecule has 2 aromatic rings. The maximum Gasteiger partial charge on any atom is 0.341 e. The first-order chi connectivity index (χ1) is 10.2. The number of esters is 1. The third-order valence-electron chi connectivity index (χ3n) is 3.27. The monoisotopic (exact) mass is 288 g/mol. The quantitative estimate of drug-likeness (QED) is 0.819. The van der Waals surface area contributed by atoms with Crippen molar-refractivity contribution >= 4 is 5.97 Å². The third kappa shape index (κ3) is 3.46. The highest BCUT2D eigenvalue weighted by atomic mass is 16.5. The van der Waals surface area contributed by atoms with Gasteiger partial charge < -0.3 is 10.5 Å². The Morgan fingerprint density at radius 1 is 1.43 bits per heavy atom. The van der Waals surface area contributed by atoms with Crippen LogP contribution in [0.1, 0.15) is 42.4 Å². The van der Waals surface area contributed by atoms with Crippen molar-refractivity contribution in [3.63, 3.8) is 0 Å². The highest BCUT2D eigenvalue weighted by Gasteiger charge is 2.23. The lowest BCUT2D eigenvalue weighted by molar-refractivity contribution is 0.0526. The summed E-state index contributed by atoms with van der Waals surface area (Å²) in [6.07, 6.45) is 5.65. The highest BCUT2D eigenvalue weighted by molar-refractivity contribution is 5.88. The molecule has 0 spiro atoms. The molecule has 0 saturated heterocycles. The number of carbonyl (C=O) groups excluding carboxylic acids is 1. The molecule has 2 atom stereocenters. The molecule has 0 aliphatic carbocycles. The molecule has 6 nitrogen and oxygen atoms in total. The van der Waals surface area contributed by atoms with E-state index in [9.17, 15) is 4.79 Å². The van der Waals surface area contributed by atoms with E-state index in [2.05, 4.69) is 10.1 Å². The molecule has 0 aliphatic rings. The molecule has 0 aromatic carbocycles. The maximum atomic E-state index is 11.7. The predicted octanol–water partition coefficient (Wildman–Crippen LogP) is 1.78. The molecule has 2 rings (SSSR count). The van der Waals surface area contributed by atoms with Gasteiger partial charge in [0.2, 0.25) is 0 Å². The van der Waals surface area contributed by atoms with E-state index in [1.165, 1.54) is 6.20 Å². The van der Waals surface area contributed by atoms with Gasteiger partial charge in [0.1, 0.15) is 6.04 Å². The minimum Gasteiger partial charge on any atom is -0.462 e. The molecule has 21 heavy (non-hydrogen) atoms. The molecule has 112 valence electrons. The fourth-order valence-electron chi connectivity index (χ4n) is 2.14. The standard InChI is InChI=1S/C15H20N4O2/c1-3-12(16)14(13-7-5-6-8-17-13)19-10-11(9-18-19)15(20)21-4-2/h5-10,12,14H,3-4,16H2,1-2H3. The molecular weight excluding hydrogens is 268 g/mol. The zero-order chi connectivity index (χ0) is 15.2. The Bertz CT molecular complexity index is 582. The molecule has 6 heteroatoms. The van der Waals surface area contributed by atoms with Crippen LogP contribution in [0, 0.1) is 0 Å². The fourth-order valence-corrected chi connectivity index (χ4v) is 2.14. The highest BCUT2D eigenvalue weighted by Crippen LogP contribution is 2.21. The number of hydrogen-bond donors (Lipinski definition) is 1. The average Bonchev–Trinajstić information content (AvgIpc) is 2.98. The molecule has 0 bridgehead atoms. The summed E-state index contributed by atoms with van der Waals surface area (Å²) in [6, 6.07) is 5.32. The topological polar surface area (TPSA) is 83.0 Å². The van der Waals surface area contributed by atoms with Gasteiger partial charge in [0, 0.05) is 18.4 Å². The van der Waals surface area contributed by atoms with Crippen LogP contribution in [0.4, 0.5) is 0 Å². The largest absolute Gasteiger partial charge is 0.462 e. The zero-order valence-corrected chi connectivity index (χ0v) is 12.3. The van der Waals surface area contributed by atoms with Crippen LogP contribution >= 0.6 is 0 Å². The predicted molar refractivity (Wildman–Crippen MR) is 78.8 cm³/mol. The molecule has 2 unspecified atom stereocenters. The molecular formula is C15H20N4O2. The molecule has 2 aromatic heterocycles. The van der Waals surface area contributed by atoms with Crippen LogP contribution in [0.2, 0.25) is 0 Å². The summed E-state index contributed by atoms with van der Waals surface area (Å²) in [7, 11) is 0. The van der Waals surface area contributed by atoms with Gasteiger partial charge in [-0.25, -0.2) is 4.79 Å². The second-order valence-corrected chi connectivity index (χ2v) is 4.70.